The van der Waals surface area contributed by atoms with E-state index in [-0.39, 0.29) is 11.8 Å². The van der Waals surface area contributed by atoms with E-state index in [1.165, 1.54) is 12.8 Å². The number of piperazine rings is 1. The molecule has 160 valence electrons. The Hall–Kier alpha value is -2.67. The molecular formula is C23H31N5O2. The number of amides is 2. The van der Waals surface area contributed by atoms with E-state index in [1.807, 2.05) is 41.4 Å². The topological polar surface area (TPSA) is 70.5 Å². The van der Waals surface area contributed by atoms with Crippen molar-refractivity contribution in [2.24, 2.45) is 5.92 Å². The van der Waals surface area contributed by atoms with Gasteiger partial charge >= 0.3 is 0 Å². The zero-order valence-electron chi connectivity index (χ0n) is 17.5. The zero-order valence-corrected chi connectivity index (χ0v) is 17.5. The van der Waals surface area contributed by atoms with Gasteiger partial charge in [0.1, 0.15) is 0 Å². The fraction of sp³-hybridized carbons (Fsp3) is 0.522. The Balaban J connectivity index is 1.14. The molecule has 1 aromatic heterocycles. The van der Waals surface area contributed by atoms with E-state index in [1.54, 1.807) is 10.9 Å². The normalized spacial score (nSPS) is 17.9. The number of nitrogens with zero attached hydrogens (tertiary/aromatic N) is 4. The van der Waals surface area contributed by atoms with Crippen molar-refractivity contribution in [3.05, 3.63) is 48.3 Å². The Morgan fingerprint density at radius 2 is 1.77 bits per heavy atom. The van der Waals surface area contributed by atoms with Gasteiger partial charge in [-0.2, -0.15) is 5.10 Å². The molecule has 2 amide bonds. The van der Waals surface area contributed by atoms with Crippen LogP contribution in [0.25, 0.3) is 5.69 Å². The molecular weight excluding hydrogens is 378 g/mol. The third-order valence-electron chi connectivity index (χ3n) is 6.16. The summed E-state index contributed by atoms with van der Waals surface area (Å²) in [6.07, 6.45) is 8.50. The van der Waals surface area contributed by atoms with Gasteiger partial charge in [0.15, 0.2) is 0 Å². The minimum atomic E-state index is 0.0117. The summed E-state index contributed by atoms with van der Waals surface area (Å²) in [5, 5.41) is 7.35. The third kappa shape index (κ3) is 5.27. The van der Waals surface area contributed by atoms with Crippen LogP contribution in [-0.2, 0) is 16.0 Å². The van der Waals surface area contributed by atoms with E-state index in [2.05, 4.69) is 15.3 Å². The molecule has 1 saturated heterocycles. The first-order valence-corrected chi connectivity index (χ1v) is 11.1. The minimum Gasteiger partial charge on any atom is -0.355 e. The Labute approximate surface area is 178 Å². The number of nitrogens with one attached hydrogen (secondary N) is 1. The maximum atomic E-state index is 12.5. The predicted octanol–water partition coefficient (Wildman–Crippen LogP) is 1.87. The van der Waals surface area contributed by atoms with Crippen LogP contribution in [0.3, 0.4) is 0 Å². The quantitative estimate of drug-likeness (QED) is 0.758. The van der Waals surface area contributed by atoms with Gasteiger partial charge in [-0.05, 0) is 30.5 Å². The molecule has 7 nitrogen and oxygen atoms in total. The first kappa shape index (κ1) is 20.6. The first-order chi connectivity index (χ1) is 14.7. The summed E-state index contributed by atoms with van der Waals surface area (Å²) < 4.78 is 1.79. The van der Waals surface area contributed by atoms with E-state index in [9.17, 15) is 9.59 Å². The van der Waals surface area contributed by atoms with Crippen LogP contribution >= 0.6 is 0 Å². The number of rotatable bonds is 7. The number of benzene rings is 1. The van der Waals surface area contributed by atoms with Crippen LogP contribution in [-0.4, -0.2) is 70.7 Å². The number of aromatic nitrogens is 2. The van der Waals surface area contributed by atoms with Crippen LogP contribution in [0.2, 0.25) is 0 Å². The summed E-state index contributed by atoms with van der Waals surface area (Å²) in [5.41, 5.74) is 1.88. The van der Waals surface area contributed by atoms with Crippen LogP contribution in [0.1, 0.15) is 31.2 Å². The molecule has 2 aliphatic rings. The zero-order chi connectivity index (χ0) is 20.8. The Morgan fingerprint density at radius 1 is 1.03 bits per heavy atom. The summed E-state index contributed by atoms with van der Waals surface area (Å²) in [6, 6.07) is 9.87. The second-order valence-corrected chi connectivity index (χ2v) is 8.30. The number of para-hydroxylation sites is 1. The summed E-state index contributed by atoms with van der Waals surface area (Å²) in [6.45, 7) is 4.84. The second kappa shape index (κ2) is 9.89. The summed E-state index contributed by atoms with van der Waals surface area (Å²) in [4.78, 5) is 29.2. The molecule has 4 rings (SSSR count). The van der Waals surface area contributed by atoms with Crippen molar-refractivity contribution in [2.45, 2.75) is 32.1 Å². The third-order valence-corrected chi connectivity index (χ3v) is 6.16. The highest BCUT2D eigenvalue weighted by Gasteiger charge is 2.29. The Kier molecular flexibility index (Phi) is 6.79. The van der Waals surface area contributed by atoms with Crippen molar-refractivity contribution in [3.63, 3.8) is 0 Å². The molecule has 1 N–H and O–H groups in total. The Bertz CT molecular complexity index is 836. The highest BCUT2D eigenvalue weighted by Crippen LogP contribution is 2.26. The maximum absolute atomic E-state index is 12.5. The molecule has 2 fully saturated rings. The number of hydrogen-bond donors (Lipinski definition) is 1. The van der Waals surface area contributed by atoms with Crippen molar-refractivity contribution in [1.29, 1.82) is 0 Å². The molecule has 0 radical (unpaired) electrons. The van der Waals surface area contributed by atoms with Crippen molar-refractivity contribution in [3.8, 4) is 5.69 Å². The number of hydrogen-bond acceptors (Lipinski definition) is 4. The Morgan fingerprint density at radius 3 is 2.50 bits per heavy atom. The summed E-state index contributed by atoms with van der Waals surface area (Å²) >= 11 is 0. The molecule has 7 heteroatoms. The SMILES string of the molecule is O=C(Cc1cnn(-c2ccccc2)c1)NCCN1CCN(C(=O)C2CCCC2)CC1. The molecule has 2 aromatic rings. The molecule has 0 unspecified atom stereocenters. The highest BCUT2D eigenvalue weighted by molar-refractivity contribution is 5.79. The van der Waals surface area contributed by atoms with Crippen LogP contribution in [0, 0.1) is 5.92 Å². The smallest absolute Gasteiger partial charge is 0.225 e. The fourth-order valence-corrected chi connectivity index (χ4v) is 4.40. The summed E-state index contributed by atoms with van der Waals surface area (Å²) in [7, 11) is 0. The van der Waals surface area contributed by atoms with Gasteiger partial charge in [-0.15, -0.1) is 0 Å². The standard InChI is InChI=1S/C23H31N5O2/c29-22(16-19-17-25-28(18-19)21-8-2-1-3-9-21)24-10-11-26-12-14-27(15-13-26)23(30)20-6-4-5-7-20/h1-3,8-9,17-18,20H,4-7,10-16H2,(H,24,29). The van der Waals surface area contributed by atoms with Crippen molar-refractivity contribution >= 4 is 11.8 Å². The summed E-state index contributed by atoms with van der Waals surface area (Å²) in [5.74, 6) is 0.635. The van der Waals surface area contributed by atoms with Gasteiger partial charge in [0.2, 0.25) is 11.8 Å². The van der Waals surface area contributed by atoms with Crippen LogP contribution < -0.4 is 5.32 Å². The molecule has 0 spiro atoms. The minimum absolute atomic E-state index is 0.0117. The van der Waals surface area contributed by atoms with Crippen molar-refractivity contribution in [2.75, 3.05) is 39.3 Å². The molecule has 1 aliphatic carbocycles. The van der Waals surface area contributed by atoms with Gasteiger partial charge in [-0.25, -0.2) is 4.68 Å². The van der Waals surface area contributed by atoms with Crippen molar-refractivity contribution < 1.29 is 9.59 Å². The van der Waals surface area contributed by atoms with Crippen LogP contribution in [0.5, 0.6) is 0 Å². The van der Waals surface area contributed by atoms with Gasteiger partial charge in [0, 0.05) is 51.4 Å². The van der Waals surface area contributed by atoms with Gasteiger partial charge in [-0.1, -0.05) is 31.0 Å². The largest absolute Gasteiger partial charge is 0.355 e. The predicted molar refractivity (Wildman–Crippen MR) is 115 cm³/mol. The lowest BCUT2D eigenvalue weighted by Crippen LogP contribution is -2.51. The van der Waals surface area contributed by atoms with Gasteiger partial charge in [-0.3, -0.25) is 14.5 Å². The molecule has 2 heterocycles. The average molecular weight is 410 g/mol. The second-order valence-electron chi connectivity index (χ2n) is 8.30. The van der Waals surface area contributed by atoms with Gasteiger partial charge in [0.25, 0.3) is 0 Å². The van der Waals surface area contributed by atoms with E-state index >= 15 is 0 Å². The van der Waals surface area contributed by atoms with Gasteiger partial charge in [0.05, 0.1) is 18.3 Å². The van der Waals surface area contributed by atoms with Gasteiger partial charge < -0.3 is 10.2 Å². The lowest BCUT2D eigenvalue weighted by Gasteiger charge is -2.36. The van der Waals surface area contributed by atoms with Crippen molar-refractivity contribution in [1.82, 2.24) is 24.9 Å². The molecule has 1 saturated carbocycles. The van der Waals surface area contributed by atoms with E-state index in [0.717, 1.165) is 56.8 Å². The molecule has 1 aromatic carbocycles. The number of carbonyl (C=O) groups excluding carboxylic acids is 2. The fourth-order valence-electron chi connectivity index (χ4n) is 4.40. The first-order valence-electron chi connectivity index (χ1n) is 11.1. The molecule has 1 aliphatic heterocycles. The average Bonchev–Trinajstić information content (AvgIpc) is 3.47. The monoisotopic (exact) mass is 409 g/mol. The lowest BCUT2D eigenvalue weighted by molar-refractivity contribution is -0.137. The lowest BCUT2D eigenvalue weighted by atomic mass is 10.1. The van der Waals surface area contributed by atoms with E-state index < -0.39 is 0 Å². The molecule has 0 atom stereocenters. The van der Waals surface area contributed by atoms with E-state index in [0.29, 0.717) is 18.9 Å². The maximum Gasteiger partial charge on any atom is 0.225 e. The molecule has 0 bridgehead atoms. The molecule has 30 heavy (non-hydrogen) atoms. The van der Waals surface area contributed by atoms with Crippen LogP contribution in [0.4, 0.5) is 0 Å². The highest BCUT2D eigenvalue weighted by atomic mass is 16.2. The van der Waals surface area contributed by atoms with Crippen LogP contribution in [0.15, 0.2) is 42.7 Å². The van der Waals surface area contributed by atoms with E-state index in [4.69, 9.17) is 0 Å². The number of carbonyl (C=O) groups is 2.